The van der Waals surface area contributed by atoms with Crippen LogP contribution in [0.15, 0.2) is 29.2 Å². The van der Waals surface area contributed by atoms with Crippen molar-refractivity contribution in [3.05, 3.63) is 57.1 Å². The first-order valence-corrected chi connectivity index (χ1v) is 13.4. The van der Waals surface area contributed by atoms with Crippen molar-refractivity contribution in [1.82, 2.24) is 25.5 Å². The Hall–Kier alpha value is -4.22. The van der Waals surface area contributed by atoms with Crippen LogP contribution in [0.5, 0.6) is 0 Å². The molecule has 1 unspecified atom stereocenters. The predicted octanol–water partition coefficient (Wildman–Crippen LogP) is 2.36. The summed E-state index contributed by atoms with van der Waals surface area (Å²) in [6, 6.07) is 3.37. The van der Waals surface area contributed by atoms with Crippen LogP contribution in [0.4, 0.5) is 10.6 Å². The quantitative estimate of drug-likeness (QED) is 0.316. The van der Waals surface area contributed by atoms with Gasteiger partial charge in [-0.2, -0.15) is 0 Å². The summed E-state index contributed by atoms with van der Waals surface area (Å²) in [6.45, 7) is 10.2. The number of rotatable bonds is 9. The van der Waals surface area contributed by atoms with E-state index < -0.39 is 35.2 Å². The number of aryl methyl sites for hydroxylation is 2. The number of hydrogen-bond donors (Lipinski definition) is 5. The van der Waals surface area contributed by atoms with E-state index in [9.17, 15) is 29.1 Å². The fourth-order valence-electron chi connectivity index (χ4n) is 4.98. The second-order valence-electron chi connectivity index (χ2n) is 10.6. The predicted molar refractivity (Wildman–Crippen MR) is 149 cm³/mol. The van der Waals surface area contributed by atoms with Gasteiger partial charge >= 0.3 is 17.7 Å². The largest absolute Gasteiger partial charge is 0.480 e. The number of H-pyrrole nitrogens is 1. The van der Waals surface area contributed by atoms with E-state index in [2.05, 4.69) is 25.9 Å². The normalized spacial score (nSPS) is 15.3. The van der Waals surface area contributed by atoms with Crippen molar-refractivity contribution in [3.63, 3.8) is 0 Å². The second-order valence-corrected chi connectivity index (χ2v) is 10.6. The Balaban J connectivity index is 1.73. The number of aromatic amines is 1. The first-order valence-electron chi connectivity index (χ1n) is 13.4. The number of carbonyl (C=O) groups is 4. The number of aliphatic carboxylic acids is 1. The minimum Gasteiger partial charge on any atom is -0.480 e. The summed E-state index contributed by atoms with van der Waals surface area (Å²) in [6.07, 6.45) is 2.64. The number of anilines is 1. The molecule has 0 saturated carbocycles. The van der Waals surface area contributed by atoms with Gasteiger partial charge in [0.05, 0.1) is 0 Å². The minimum absolute atomic E-state index is 0.00771. The van der Waals surface area contributed by atoms with Crippen molar-refractivity contribution in [2.45, 2.75) is 71.9 Å². The molecule has 1 aliphatic heterocycles. The van der Waals surface area contributed by atoms with Gasteiger partial charge in [0, 0.05) is 48.3 Å². The molecule has 1 saturated heterocycles. The molecule has 0 aliphatic carbocycles. The number of nitrogens with zero attached hydrogens (tertiary/aromatic N) is 2. The molecule has 0 spiro atoms. The Morgan fingerprint density at radius 3 is 2.30 bits per heavy atom. The van der Waals surface area contributed by atoms with E-state index in [0.717, 1.165) is 11.1 Å². The fraction of sp³-hybridized carbons (Fsp3) is 0.500. The summed E-state index contributed by atoms with van der Waals surface area (Å²) < 4.78 is 0. The number of carbonyl (C=O) groups excluding carboxylic acids is 3. The molecule has 3 rings (SSSR count). The number of likely N-dealkylation sites (tertiary alicyclic amines) is 1. The summed E-state index contributed by atoms with van der Waals surface area (Å²) in [5.41, 5.74) is 0.848. The molecule has 1 aliphatic rings. The molecule has 0 bridgehead atoms. The van der Waals surface area contributed by atoms with Crippen molar-refractivity contribution < 1.29 is 24.3 Å². The third kappa shape index (κ3) is 7.25. The van der Waals surface area contributed by atoms with Gasteiger partial charge in [0.15, 0.2) is 0 Å². The zero-order valence-corrected chi connectivity index (χ0v) is 23.6. The van der Waals surface area contributed by atoms with Gasteiger partial charge in [-0.25, -0.2) is 19.4 Å². The van der Waals surface area contributed by atoms with E-state index in [1.54, 1.807) is 30.9 Å². The van der Waals surface area contributed by atoms with E-state index >= 15 is 0 Å². The molecular formula is C28H38N6O6. The van der Waals surface area contributed by atoms with E-state index in [4.69, 9.17) is 0 Å². The number of carboxylic acid groups (broad SMARTS) is 1. The van der Waals surface area contributed by atoms with Crippen LogP contribution in [0.2, 0.25) is 0 Å². The number of benzene rings is 1. The van der Waals surface area contributed by atoms with Crippen molar-refractivity contribution >= 4 is 29.6 Å². The summed E-state index contributed by atoms with van der Waals surface area (Å²) in [5.74, 6) is -1.80. The first-order chi connectivity index (χ1) is 18.9. The van der Waals surface area contributed by atoms with Crippen LogP contribution in [0, 0.1) is 19.8 Å². The van der Waals surface area contributed by atoms with Gasteiger partial charge in [0.1, 0.15) is 11.9 Å². The van der Waals surface area contributed by atoms with Gasteiger partial charge in [0.2, 0.25) is 5.91 Å². The third-order valence-electron chi connectivity index (χ3n) is 7.45. The number of piperidine rings is 1. The van der Waals surface area contributed by atoms with E-state index in [1.807, 2.05) is 26.8 Å². The summed E-state index contributed by atoms with van der Waals surface area (Å²) in [7, 11) is 0. The first kappa shape index (κ1) is 30.3. The van der Waals surface area contributed by atoms with Gasteiger partial charge in [0.25, 0.3) is 5.91 Å². The number of nitrogens with one attached hydrogen (secondary N) is 4. The Morgan fingerprint density at radius 1 is 1.12 bits per heavy atom. The van der Waals surface area contributed by atoms with Gasteiger partial charge in [-0.3, -0.25) is 14.6 Å². The standard InChI is InChI=1S/C28H38N6O6/c1-6-28(10-12-34(13-11-28)24(36)16(2)3)33-27(40)30-20(25(37)38)14-19-15-29-26(39)32-22(19)31-23(35)21-17(4)8-7-9-18(21)5/h7-9,15-16,20H,6,10-14H2,1-5H3,(H,37,38)(H2,30,33,40)(H2,29,31,32,35,39). The van der Waals surface area contributed by atoms with Crippen molar-refractivity contribution in [2.24, 2.45) is 5.92 Å². The third-order valence-corrected chi connectivity index (χ3v) is 7.45. The average molecular weight is 555 g/mol. The highest BCUT2D eigenvalue weighted by atomic mass is 16.4. The van der Waals surface area contributed by atoms with Crippen molar-refractivity contribution in [3.8, 4) is 0 Å². The summed E-state index contributed by atoms with van der Waals surface area (Å²) >= 11 is 0. The molecule has 1 fully saturated rings. The molecule has 12 nitrogen and oxygen atoms in total. The number of amides is 4. The molecule has 216 valence electrons. The highest BCUT2D eigenvalue weighted by Crippen LogP contribution is 2.26. The van der Waals surface area contributed by atoms with Crippen LogP contribution in [-0.4, -0.2) is 68.5 Å². The molecule has 40 heavy (non-hydrogen) atoms. The van der Waals surface area contributed by atoms with Crippen LogP contribution in [0.3, 0.4) is 0 Å². The Morgan fingerprint density at radius 2 is 1.75 bits per heavy atom. The molecule has 2 aromatic rings. The number of urea groups is 1. The van der Waals surface area contributed by atoms with E-state index in [0.29, 0.717) is 37.9 Å². The van der Waals surface area contributed by atoms with E-state index in [1.165, 1.54) is 6.20 Å². The smallest absolute Gasteiger partial charge is 0.346 e. The fourth-order valence-corrected chi connectivity index (χ4v) is 4.98. The lowest BCUT2D eigenvalue weighted by molar-refractivity contribution is -0.139. The molecule has 1 atom stereocenters. The maximum atomic E-state index is 13.0. The van der Waals surface area contributed by atoms with Gasteiger partial charge in [-0.1, -0.05) is 39.0 Å². The van der Waals surface area contributed by atoms with Crippen LogP contribution < -0.4 is 21.6 Å². The van der Waals surface area contributed by atoms with Gasteiger partial charge in [-0.15, -0.1) is 0 Å². The molecular weight excluding hydrogens is 516 g/mol. The zero-order chi connectivity index (χ0) is 29.6. The average Bonchev–Trinajstić information content (AvgIpc) is 2.89. The van der Waals surface area contributed by atoms with Crippen LogP contribution in [-0.2, 0) is 16.0 Å². The lowest BCUT2D eigenvalue weighted by Gasteiger charge is -2.42. The van der Waals surface area contributed by atoms with Crippen LogP contribution in [0.25, 0.3) is 0 Å². The summed E-state index contributed by atoms with van der Waals surface area (Å²) in [4.78, 5) is 70.3. The van der Waals surface area contributed by atoms with Gasteiger partial charge < -0.3 is 26.0 Å². The van der Waals surface area contributed by atoms with Crippen LogP contribution >= 0.6 is 0 Å². The molecule has 4 amide bonds. The Bertz CT molecular complexity index is 1310. The molecule has 1 aromatic heterocycles. The summed E-state index contributed by atoms with van der Waals surface area (Å²) in [5, 5.41) is 18.0. The second kappa shape index (κ2) is 12.8. The Kier molecular flexibility index (Phi) is 9.67. The highest BCUT2D eigenvalue weighted by molar-refractivity contribution is 6.06. The van der Waals surface area contributed by atoms with Crippen molar-refractivity contribution in [2.75, 3.05) is 18.4 Å². The number of hydrogen-bond acceptors (Lipinski definition) is 6. The van der Waals surface area contributed by atoms with Crippen molar-refractivity contribution in [1.29, 1.82) is 0 Å². The van der Waals surface area contributed by atoms with Gasteiger partial charge in [-0.05, 0) is 44.2 Å². The topological polar surface area (TPSA) is 174 Å². The molecule has 12 heteroatoms. The molecule has 2 heterocycles. The maximum absolute atomic E-state index is 13.0. The minimum atomic E-state index is -1.37. The molecule has 0 radical (unpaired) electrons. The zero-order valence-electron chi connectivity index (χ0n) is 23.6. The van der Waals surface area contributed by atoms with Crippen LogP contribution in [0.1, 0.15) is 67.1 Å². The Labute approximate surface area is 233 Å². The highest BCUT2D eigenvalue weighted by Gasteiger charge is 2.37. The number of carboxylic acids is 1. The lowest BCUT2D eigenvalue weighted by atomic mass is 9.84. The monoisotopic (exact) mass is 554 g/mol. The number of aromatic nitrogens is 2. The SMILES string of the molecule is CCC1(NC(=O)NC(Cc2cnc(=O)[nH]c2NC(=O)c2c(C)cccc2C)C(=O)O)CCN(C(=O)C(C)C)CC1. The molecule has 5 N–H and O–H groups in total. The van der Waals surface area contributed by atoms with E-state index in [-0.39, 0.29) is 29.6 Å². The molecule has 1 aromatic carbocycles. The lowest BCUT2D eigenvalue weighted by Crippen LogP contribution is -2.59. The maximum Gasteiger partial charge on any atom is 0.346 e.